The Kier molecular flexibility index (Phi) is 7.13. The highest BCUT2D eigenvalue weighted by Gasteiger charge is 2.23. The second-order valence-electron chi connectivity index (χ2n) is 8.77. The SMILES string of the molecule is COc1cc(F)c(Oc2ccccc2)cc1C=Nn1c(C2CCCCC2)nc2ccc(Br)cc2c1=O. The molecular weight excluding hydrogens is 525 g/mol. The largest absolute Gasteiger partial charge is 0.496 e. The molecule has 0 spiro atoms. The number of hydrogen-bond donors (Lipinski definition) is 0. The van der Waals surface area contributed by atoms with Gasteiger partial charge < -0.3 is 9.47 Å². The minimum Gasteiger partial charge on any atom is -0.496 e. The Morgan fingerprint density at radius 1 is 1.06 bits per heavy atom. The lowest BCUT2D eigenvalue weighted by Gasteiger charge is -2.22. The summed E-state index contributed by atoms with van der Waals surface area (Å²) in [7, 11) is 1.46. The molecule has 0 aliphatic heterocycles. The van der Waals surface area contributed by atoms with Gasteiger partial charge in [-0.1, -0.05) is 53.4 Å². The summed E-state index contributed by atoms with van der Waals surface area (Å²) in [6.07, 6.45) is 6.78. The quantitative estimate of drug-likeness (QED) is 0.242. The zero-order valence-electron chi connectivity index (χ0n) is 19.8. The molecule has 6 nitrogen and oxygen atoms in total. The van der Waals surface area contributed by atoms with Gasteiger partial charge in [0, 0.05) is 22.0 Å². The molecule has 1 saturated carbocycles. The average Bonchev–Trinajstić information content (AvgIpc) is 2.91. The van der Waals surface area contributed by atoms with Crippen molar-refractivity contribution >= 4 is 33.0 Å². The molecule has 4 aromatic rings. The molecular formula is C28H25BrFN3O3. The highest BCUT2D eigenvalue weighted by molar-refractivity contribution is 9.10. The summed E-state index contributed by atoms with van der Waals surface area (Å²) in [6, 6.07) is 17.2. The van der Waals surface area contributed by atoms with Gasteiger partial charge >= 0.3 is 0 Å². The van der Waals surface area contributed by atoms with E-state index in [9.17, 15) is 9.18 Å². The number of benzene rings is 3. The fourth-order valence-corrected chi connectivity index (χ4v) is 4.91. The number of methoxy groups -OCH3 is 1. The maximum atomic E-state index is 14.7. The topological polar surface area (TPSA) is 65.7 Å². The third-order valence-corrected chi connectivity index (χ3v) is 6.86. The second kappa shape index (κ2) is 10.6. The van der Waals surface area contributed by atoms with Crippen LogP contribution in [0.25, 0.3) is 10.9 Å². The fourth-order valence-electron chi connectivity index (χ4n) is 4.54. The molecule has 0 unspecified atom stereocenters. The number of aromatic nitrogens is 2. The van der Waals surface area contributed by atoms with Gasteiger partial charge in [0.2, 0.25) is 0 Å². The van der Waals surface area contributed by atoms with Crippen LogP contribution < -0.4 is 15.0 Å². The number of ether oxygens (including phenoxy) is 2. The minimum absolute atomic E-state index is 0.0314. The van der Waals surface area contributed by atoms with Crippen molar-refractivity contribution in [2.45, 2.75) is 38.0 Å². The standard InChI is InChI=1S/C28H25BrFN3O3/c1-35-25-16-23(30)26(36-21-10-6-3-7-11-21)14-19(25)17-31-33-27(18-8-4-2-5-9-18)32-24-13-12-20(29)15-22(24)28(33)34/h3,6-7,10-18H,2,4-5,8-9H2,1H3. The van der Waals surface area contributed by atoms with Crippen LogP contribution in [-0.2, 0) is 0 Å². The van der Waals surface area contributed by atoms with Crippen molar-refractivity contribution in [3.8, 4) is 17.2 Å². The number of hydrogen-bond acceptors (Lipinski definition) is 5. The van der Waals surface area contributed by atoms with Crippen LogP contribution >= 0.6 is 15.9 Å². The van der Waals surface area contributed by atoms with E-state index in [1.54, 1.807) is 18.2 Å². The normalized spacial score (nSPS) is 14.4. The highest BCUT2D eigenvalue weighted by Crippen LogP contribution is 2.33. The summed E-state index contributed by atoms with van der Waals surface area (Å²) in [5.41, 5.74) is 0.869. The van der Waals surface area contributed by atoms with Gasteiger partial charge in [0.1, 0.15) is 17.3 Å². The van der Waals surface area contributed by atoms with Crippen molar-refractivity contribution in [1.82, 2.24) is 9.66 Å². The molecule has 0 atom stereocenters. The highest BCUT2D eigenvalue weighted by atomic mass is 79.9. The Morgan fingerprint density at radius 2 is 1.83 bits per heavy atom. The first kappa shape index (κ1) is 24.2. The van der Waals surface area contributed by atoms with Gasteiger partial charge in [-0.2, -0.15) is 9.78 Å². The molecule has 184 valence electrons. The minimum atomic E-state index is -0.565. The molecule has 8 heteroatoms. The summed E-state index contributed by atoms with van der Waals surface area (Å²) in [4.78, 5) is 18.4. The molecule has 0 saturated heterocycles. The molecule has 36 heavy (non-hydrogen) atoms. The van der Waals surface area contributed by atoms with Gasteiger partial charge in [-0.25, -0.2) is 9.37 Å². The van der Waals surface area contributed by atoms with Gasteiger partial charge in [0.05, 0.1) is 24.2 Å². The molecule has 5 rings (SSSR count). The molecule has 0 N–H and O–H groups in total. The Bertz CT molecular complexity index is 1480. The average molecular weight is 550 g/mol. The Morgan fingerprint density at radius 3 is 2.58 bits per heavy atom. The zero-order chi connectivity index (χ0) is 25.1. The first-order chi connectivity index (χ1) is 17.5. The van der Waals surface area contributed by atoms with Crippen LogP contribution in [-0.4, -0.2) is 23.0 Å². The molecule has 0 radical (unpaired) electrons. The molecule has 0 bridgehead atoms. The van der Waals surface area contributed by atoms with E-state index in [0.717, 1.165) is 30.2 Å². The third kappa shape index (κ3) is 5.04. The molecule has 1 aliphatic rings. The van der Waals surface area contributed by atoms with Crippen LogP contribution in [0, 0.1) is 5.82 Å². The summed E-state index contributed by atoms with van der Waals surface area (Å²) in [6.45, 7) is 0. The molecule has 1 heterocycles. The van der Waals surface area contributed by atoms with Crippen molar-refractivity contribution in [3.05, 3.63) is 92.7 Å². The molecule has 1 fully saturated rings. The maximum Gasteiger partial charge on any atom is 0.282 e. The number of para-hydroxylation sites is 1. The predicted octanol–water partition coefficient (Wildman–Crippen LogP) is 7.03. The van der Waals surface area contributed by atoms with Crippen LogP contribution in [0.1, 0.15) is 49.4 Å². The molecule has 0 amide bonds. The number of fused-ring (bicyclic) bond motifs is 1. The molecule has 3 aromatic carbocycles. The van der Waals surface area contributed by atoms with Gasteiger partial charge in [-0.05, 0) is 49.2 Å². The lowest BCUT2D eigenvalue weighted by Crippen LogP contribution is -2.25. The van der Waals surface area contributed by atoms with E-state index >= 15 is 0 Å². The lowest BCUT2D eigenvalue weighted by molar-refractivity contribution is 0.401. The van der Waals surface area contributed by atoms with Gasteiger partial charge in [0.15, 0.2) is 11.6 Å². The van der Waals surface area contributed by atoms with E-state index in [1.165, 1.54) is 36.6 Å². The monoisotopic (exact) mass is 549 g/mol. The van der Waals surface area contributed by atoms with Crippen LogP contribution in [0.5, 0.6) is 17.2 Å². The van der Waals surface area contributed by atoms with Crippen molar-refractivity contribution in [1.29, 1.82) is 0 Å². The predicted molar refractivity (Wildman–Crippen MR) is 142 cm³/mol. The van der Waals surface area contributed by atoms with Crippen LogP contribution in [0.3, 0.4) is 0 Å². The lowest BCUT2D eigenvalue weighted by atomic mass is 9.88. The number of rotatable bonds is 6. The van der Waals surface area contributed by atoms with Crippen molar-refractivity contribution in [2.75, 3.05) is 7.11 Å². The van der Waals surface area contributed by atoms with Gasteiger partial charge in [-0.3, -0.25) is 4.79 Å². The zero-order valence-corrected chi connectivity index (χ0v) is 21.4. The van der Waals surface area contributed by atoms with E-state index in [0.29, 0.717) is 28.0 Å². The first-order valence-corrected chi connectivity index (χ1v) is 12.7. The van der Waals surface area contributed by atoms with Crippen LogP contribution in [0.15, 0.2) is 75.0 Å². The second-order valence-corrected chi connectivity index (χ2v) is 9.68. The van der Waals surface area contributed by atoms with E-state index < -0.39 is 5.82 Å². The Hall–Kier alpha value is -3.52. The number of nitrogens with zero attached hydrogens (tertiary/aromatic N) is 3. The van der Waals surface area contributed by atoms with E-state index in [-0.39, 0.29) is 23.0 Å². The van der Waals surface area contributed by atoms with Crippen molar-refractivity contribution < 1.29 is 13.9 Å². The van der Waals surface area contributed by atoms with Crippen molar-refractivity contribution in [2.24, 2.45) is 5.10 Å². The van der Waals surface area contributed by atoms with E-state index in [1.807, 2.05) is 30.3 Å². The van der Waals surface area contributed by atoms with E-state index in [2.05, 4.69) is 21.0 Å². The number of halogens is 2. The van der Waals surface area contributed by atoms with Gasteiger partial charge in [0.25, 0.3) is 5.56 Å². The Labute approximate surface area is 216 Å². The maximum absolute atomic E-state index is 14.7. The van der Waals surface area contributed by atoms with Crippen molar-refractivity contribution in [3.63, 3.8) is 0 Å². The summed E-state index contributed by atoms with van der Waals surface area (Å²) in [5.74, 6) is 1.04. The molecule has 1 aromatic heterocycles. The molecule has 1 aliphatic carbocycles. The Balaban J connectivity index is 1.60. The third-order valence-electron chi connectivity index (χ3n) is 6.37. The first-order valence-electron chi connectivity index (χ1n) is 11.9. The van der Waals surface area contributed by atoms with Gasteiger partial charge in [-0.15, -0.1) is 0 Å². The summed E-state index contributed by atoms with van der Waals surface area (Å²) in [5, 5.41) is 5.03. The summed E-state index contributed by atoms with van der Waals surface area (Å²) < 4.78 is 28.0. The smallest absolute Gasteiger partial charge is 0.282 e. The van der Waals surface area contributed by atoms with E-state index in [4.69, 9.17) is 14.5 Å². The van der Waals surface area contributed by atoms with Crippen LogP contribution in [0.4, 0.5) is 4.39 Å². The fraction of sp³-hybridized carbons (Fsp3) is 0.250. The summed E-state index contributed by atoms with van der Waals surface area (Å²) >= 11 is 3.44. The van der Waals surface area contributed by atoms with Crippen LogP contribution in [0.2, 0.25) is 0 Å².